The molecule has 1 unspecified atom stereocenters. The number of amides is 2. The fraction of sp³-hybridized carbons (Fsp3) is 0.619. The fourth-order valence-electron chi connectivity index (χ4n) is 3.75. The Labute approximate surface area is 155 Å². The summed E-state index contributed by atoms with van der Waals surface area (Å²) in [4.78, 5) is 26.7. The summed E-state index contributed by atoms with van der Waals surface area (Å²) in [5.74, 6) is 1.71. The molecule has 2 aliphatic carbocycles. The number of likely N-dealkylation sites (tertiary alicyclic amines) is 1. The number of nitrogens with zero attached hydrogens (tertiary/aromatic N) is 1. The van der Waals surface area contributed by atoms with E-state index in [1.54, 1.807) is 0 Å². The van der Waals surface area contributed by atoms with E-state index < -0.39 is 0 Å². The maximum atomic E-state index is 12.5. The van der Waals surface area contributed by atoms with Gasteiger partial charge in [0, 0.05) is 36.5 Å². The fourth-order valence-corrected chi connectivity index (χ4v) is 3.75. The quantitative estimate of drug-likeness (QED) is 0.852. The Morgan fingerprint density at radius 2 is 1.96 bits per heavy atom. The average molecular weight is 356 g/mol. The van der Waals surface area contributed by atoms with Gasteiger partial charge in [-0.15, -0.1) is 0 Å². The van der Waals surface area contributed by atoms with Gasteiger partial charge in [-0.2, -0.15) is 0 Å². The number of hydrogen-bond donors (Lipinski definition) is 1. The standard InChI is InChI=1S/C21H28N2O3/c24-20(22-18-9-10-18)17-7-2-8-19(12-17)26-14-15-4-3-11-23(13-15)21(25)16-5-1-6-16/h2,7-8,12,15-16,18H,1,3-6,9-11,13-14H2,(H,22,24). The second kappa shape index (κ2) is 7.68. The van der Waals surface area contributed by atoms with Gasteiger partial charge in [-0.1, -0.05) is 12.5 Å². The highest BCUT2D eigenvalue weighted by Crippen LogP contribution is 2.30. The van der Waals surface area contributed by atoms with Crippen LogP contribution in [0.2, 0.25) is 0 Å². The monoisotopic (exact) mass is 356 g/mol. The lowest BCUT2D eigenvalue weighted by molar-refractivity contribution is -0.140. The molecule has 0 bridgehead atoms. The lowest BCUT2D eigenvalue weighted by Gasteiger charge is -2.37. The molecule has 0 radical (unpaired) electrons. The van der Waals surface area contributed by atoms with Crippen molar-refractivity contribution in [2.45, 2.75) is 51.0 Å². The van der Waals surface area contributed by atoms with Crippen LogP contribution in [0.3, 0.4) is 0 Å². The van der Waals surface area contributed by atoms with E-state index in [4.69, 9.17) is 4.74 Å². The minimum atomic E-state index is -0.0205. The van der Waals surface area contributed by atoms with Gasteiger partial charge in [0.05, 0.1) is 6.61 Å². The Bertz CT molecular complexity index is 667. The minimum absolute atomic E-state index is 0.0205. The van der Waals surface area contributed by atoms with Gasteiger partial charge in [-0.25, -0.2) is 0 Å². The number of hydrogen-bond acceptors (Lipinski definition) is 3. The molecular weight excluding hydrogens is 328 g/mol. The van der Waals surface area contributed by atoms with Crippen LogP contribution in [0.4, 0.5) is 0 Å². The predicted octanol–water partition coefficient (Wildman–Crippen LogP) is 3.00. The van der Waals surface area contributed by atoms with E-state index in [1.807, 2.05) is 29.2 Å². The van der Waals surface area contributed by atoms with Crippen molar-refractivity contribution in [3.8, 4) is 5.75 Å². The molecule has 1 heterocycles. The minimum Gasteiger partial charge on any atom is -0.493 e. The van der Waals surface area contributed by atoms with E-state index in [0.717, 1.165) is 57.4 Å². The van der Waals surface area contributed by atoms with Crippen molar-refractivity contribution in [1.29, 1.82) is 0 Å². The average Bonchev–Trinajstić information content (AvgIpc) is 3.43. The maximum Gasteiger partial charge on any atom is 0.251 e. The molecule has 3 fully saturated rings. The summed E-state index contributed by atoms with van der Waals surface area (Å²) < 4.78 is 5.97. The first-order valence-corrected chi connectivity index (χ1v) is 10.0. The van der Waals surface area contributed by atoms with Crippen molar-refractivity contribution in [2.75, 3.05) is 19.7 Å². The third-order valence-electron chi connectivity index (χ3n) is 5.78. The lowest BCUT2D eigenvalue weighted by Crippen LogP contribution is -2.45. The largest absolute Gasteiger partial charge is 0.493 e. The number of rotatable bonds is 6. The summed E-state index contributed by atoms with van der Waals surface area (Å²) in [6.07, 6.45) is 7.63. The zero-order chi connectivity index (χ0) is 17.9. The Balaban J connectivity index is 1.29. The Morgan fingerprint density at radius 3 is 2.69 bits per heavy atom. The number of nitrogens with one attached hydrogen (secondary N) is 1. The van der Waals surface area contributed by atoms with Gasteiger partial charge < -0.3 is 15.0 Å². The van der Waals surface area contributed by atoms with Crippen LogP contribution in [0.1, 0.15) is 55.3 Å². The smallest absolute Gasteiger partial charge is 0.251 e. The molecule has 2 saturated carbocycles. The predicted molar refractivity (Wildman–Crippen MR) is 99.1 cm³/mol. The molecule has 2 amide bonds. The second-order valence-electron chi connectivity index (χ2n) is 8.01. The molecular formula is C21H28N2O3. The molecule has 5 nitrogen and oxygen atoms in total. The molecule has 1 aromatic rings. The van der Waals surface area contributed by atoms with Crippen molar-refractivity contribution in [3.05, 3.63) is 29.8 Å². The summed E-state index contributed by atoms with van der Waals surface area (Å²) in [7, 11) is 0. The van der Waals surface area contributed by atoms with E-state index in [-0.39, 0.29) is 11.8 Å². The van der Waals surface area contributed by atoms with Crippen LogP contribution in [0.5, 0.6) is 5.75 Å². The number of piperidine rings is 1. The first-order valence-electron chi connectivity index (χ1n) is 10.0. The van der Waals surface area contributed by atoms with Crippen LogP contribution in [-0.2, 0) is 4.79 Å². The van der Waals surface area contributed by atoms with Gasteiger partial charge in [0.25, 0.3) is 5.91 Å². The lowest BCUT2D eigenvalue weighted by atomic mass is 9.83. The van der Waals surface area contributed by atoms with Gasteiger partial charge >= 0.3 is 0 Å². The molecule has 1 aromatic carbocycles. The molecule has 1 atom stereocenters. The van der Waals surface area contributed by atoms with Crippen LogP contribution >= 0.6 is 0 Å². The van der Waals surface area contributed by atoms with Gasteiger partial charge in [-0.05, 0) is 56.7 Å². The van der Waals surface area contributed by atoms with E-state index >= 15 is 0 Å². The molecule has 140 valence electrons. The van der Waals surface area contributed by atoms with Crippen LogP contribution in [-0.4, -0.2) is 42.5 Å². The van der Waals surface area contributed by atoms with Crippen LogP contribution < -0.4 is 10.1 Å². The van der Waals surface area contributed by atoms with Gasteiger partial charge in [0.2, 0.25) is 5.91 Å². The summed E-state index contributed by atoms with van der Waals surface area (Å²) >= 11 is 0. The Hall–Kier alpha value is -2.04. The molecule has 4 rings (SSSR count). The molecule has 0 aromatic heterocycles. The number of benzene rings is 1. The highest BCUT2D eigenvalue weighted by molar-refractivity contribution is 5.94. The Morgan fingerprint density at radius 1 is 1.12 bits per heavy atom. The van der Waals surface area contributed by atoms with Crippen LogP contribution in [0.25, 0.3) is 0 Å². The summed E-state index contributed by atoms with van der Waals surface area (Å²) in [5, 5.41) is 3.00. The second-order valence-corrected chi connectivity index (χ2v) is 8.01. The normalized spacial score (nSPS) is 23.2. The zero-order valence-electron chi connectivity index (χ0n) is 15.3. The molecule has 0 spiro atoms. The SMILES string of the molecule is O=C(NC1CC1)c1cccc(OCC2CCCN(C(=O)C3CCC3)C2)c1. The van der Waals surface area contributed by atoms with E-state index in [1.165, 1.54) is 6.42 Å². The number of carbonyl (C=O) groups excluding carboxylic acids is 2. The summed E-state index contributed by atoms with van der Waals surface area (Å²) in [6, 6.07) is 7.76. The van der Waals surface area contributed by atoms with Crippen molar-refractivity contribution in [2.24, 2.45) is 11.8 Å². The Kier molecular flexibility index (Phi) is 5.14. The van der Waals surface area contributed by atoms with E-state index in [9.17, 15) is 9.59 Å². The molecule has 1 N–H and O–H groups in total. The van der Waals surface area contributed by atoms with Crippen molar-refractivity contribution >= 4 is 11.8 Å². The van der Waals surface area contributed by atoms with Crippen molar-refractivity contribution in [3.63, 3.8) is 0 Å². The zero-order valence-corrected chi connectivity index (χ0v) is 15.3. The van der Waals surface area contributed by atoms with Gasteiger partial charge in [0.1, 0.15) is 5.75 Å². The summed E-state index contributed by atoms with van der Waals surface area (Å²) in [6.45, 7) is 2.29. The molecule has 5 heteroatoms. The van der Waals surface area contributed by atoms with Crippen molar-refractivity contribution < 1.29 is 14.3 Å². The van der Waals surface area contributed by atoms with Crippen LogP contribution in [0, 0.1) is 11.8 Å². The third kappa shape index (κ3) is 4.19. The van der Waals surface area contributed by atoms with E-state index in [0.29, 0.717) is 30.0 Å². The number of carbonyl (C=O) groups is 2. The topological polar surface area (TPSA) is 58.6 Å². The molecule has 26 heavy (non-hydrogen) atoms. The third-order valence-corrected chi connectivity index (χ3v) is 5.78. The highest BCUT2D eigenvalue weighted by atomic mass is 16.5. The molecule has 1 saturated heterocycles. The van der Waals surface area contributed by atoms with Crippen molar-refractivity contribution in [1.82, 2.24) is 10.2 Å². The number of ether oxygens (including phenoxy) is 1. The first-order chi connectivity index (χ1) is 12.7. The van der Waals surface area contributed by atoms with E-state index in [2.05, 4.69) is 5.32 Å². The summed E-state index contributed by atoms with van der Waals surface area (Å²) in [5.41, 5.74) is 0.653. The highest BCUT2D eigenvalue weighted by Gasteiger charge is 2.32. The van der Waals surface area contributed by atoms with Crippen LogP contribution in [0.15, 0.2) is 24.3 Å². The maximum absolute atomic E-state index is 12.5. The van der Waals surface area contributed by atoms with Gasteiger partial charge in [-0.3, -0.25) is 9.59 Å². The molecule has 1 aliphatic heterocycles. The first kappa shape index (κ1) is 17.4. The molecule has 3 aliphatic rings. The van der Waals surface area contributed by atoms with Gasteiger partial charge in [0.15, 0.2) is 0 Å².